The van der Waals surface area contributed by atoms with Crippen LogP contribution in [0.3, 0.4) is 0 Å². The van der Waals surface area contributed by atoms with Crippen LogP contribution in [-0.2, 0) is 0 Å². The Morgan fingerprint density at radius 3 is 0.820 bits per heavy atom. The van der Waals surface area contributed by atoms with Gasteiger partial charge in [-0.3, -0.25) is 0 Å². The van der Waals surface area contributed by atoms with Crippen molar-refractivity contribution in [3.8, 4) is 89.0 Å². The van der Waals surface area contributed by atoms with Crippen molar-refractivity contribution in [2.45, 2.75) is 0 Å². The minimum Gasteiger partial charge on any atom is -0.0622 e. The van der Waals surface area contributed by atoms with E-state index in [9.17, 15) is 0 Å². The first-order chi connectivity index (χ1) is 49.6. The standard InChI is InChI=1S/2C50H32/c1-2-14-33(15-3-1)35-29-28-34-17-13-27-46(47(34)31-35)50-44-25-10-8-23-42(44)49(43-24-9-11-26-45(43)50)38-19-12-18-36(30-38)48-32-37-16-4-5-20-39(37)40-21-6-7-22-41(40)48;1-2-13-33(14-3-1)37-30-27-34-16-12-24-46(48(34)31-37)50-44-22-10-8-20-42(44)49(43-21-9-11-23-45(43)50)36-28-25-35(26-29-36)47-32-38-15-4-5-17-39(38)40-18-6-7-19-41(40)47/h2*1-32H. The molecule has 0 heterocycles. The maximum Gasteiger partial charge on any atom is -0.00201 e. The molecule has 0 amide bonds. The zero-order chi connectivity index (χ0) is 66.0. The molecule has 0 saturated carbocycles. The molecule has 0 heteroatoms. The minimum atomic E-state index is 1.22. The highest BCUT2D eigenvalue weighted by Crippen LogP contribution is 2.49. The normalized spacial score (nSPS) is 11.6. The Morgan fingerprint density at radius 2 is 0.390 bits per heavy atom. The molecular weight excluding hydrogens is 1200 g/mol. The van der Waals surface area contributed by atoms with Crippen LogP contribution in [0, 0.1) is 0 Å². The van der Waals surface area contributed by atoms with Crippen LogP contribution >= 0.6 is 0 Å². The van der Waals surface area contributed by atoms with Crippen LogP contribution in [0.2, 0.25) is 0 Å². The van der Waals surface area contributed by atoms with Gasteiger partial charge in [-0.2, -0.15) is 0 Å². The van der Waals surface area contributed by atoms with Crippen LogP contribution in [0.4, 0.5) is 0 Å². The van der Waals surface area contributed by atoms with Crippen LogP contribution in [-0.4, -0.2) is 0 Å². The second-order valence-corrected chi connectivity index (χ2v) is 26.4. The van der Waals surface area contributed by atoms with Crippen molar-refractivity contribution in [2.75, 3.05) is 0 Å². The molecule has 20 aromatic carbocycles. The first-order valence-corrected chi connectivity index (χ1v) is 34.7. The SMILES string of the molecule is c1ccc(-c2ccc3cccc(-c4c5ccccc5c(-c5ccc(-c6cc7ccccc7c7ccccc67)cc5)c5ccccc45)c3c2)cc1.c1ccc(-c2ccc3cccc(-c4c5ccccc5c(-c5cccc(-c6cc7ccccc7c7ccccc67)c5)c5ccccc45)c3c2)cc1. The summed E-state index contributed by atoms with van der Waals surface area (Å²) in [4.78, 5) is 0. The van der Waals surface area contributed by atoms with Gasteiger partial charge >= 0.3 is 0 Å². The molecule has 0 aliphatic rings. The van der Waals surface area contributed by atoms with E-state index in [2.05, 4.69) is 388 Å². The lowest BCUT2D eigenvalue weighted by molar-refractivity contribution is 1.63. The van der Waals surface area contributed by atoms with E-state index in [0.717, 1.165) is 0 Å². The molecule has 0 saturated heterocycles. The molecule has 0 N–H and O–H groups in total. The molecule has 0 bridgehead atoms. The van der Waals surface area contributed by atoms with E-state index in [4.69, 9.17) is 0 Å². The molecule has 0 aromatic heterocycles. The molecule has 0 spiro atoms. The number of hydrogen-bond acceptors (Lipinski definition) is 0. The van der Waals surface area contributed by atoms with Gasteiger partial charge in [0.05, 0.1) is 0 Å². The Hall–Kier alpha value is -13.0. The first-order valence-electron chi connectivity index (χ1n) is 34.7. The molecule has 0 atom stereocenters. The van der Waals surface area contributed by atoms with Crippen LogP contribution in [0.1, 0.15) is 0 Å². The molecule has 0 unspecified atom stereocenters. The van der Waals surface area contributed by atoms with Gasteiger partial charge in [-0.15, -0.1) is 0 Å². The van der Waals surface area contributed by atoms with Gasteiger partial charge in [0.15, 0.2) is 0 Å². The fraction of sp³-hybridized carbons (Fsp3) is 0. The van der Waals surface area contributed by atoms with Gasteiger partial charge in [-0.1, -0.05) is 358 Å². The summed E-state index contributed by atoms with van der Waals surface area (Å²) in [5.74, 6) is 0. The summed E-state index contributed by atoms with van der Waals surface area (Å²) in [6.07, 6.45) is 0. The predicted molar refractivity (Wildman–Crippen MR) is 431 cm³/mol. The predicted octanol–water partition coefficient (Wildman–Crippen LogP) is 28.2. The molecule has 0 nitrogen and oxygen atoms in total. The fourth-order valence-corrected chi connectivity index (χ4v) is 16.3. The Bertz CT molecular complexity index is 6500. The van der Waals surface area contributed by atoms with Crippen molar-refractivity contribution < 1.29 is 0 Å². The van der Waals surface area contributed by atoms with Gasteiger partial charge in [-0.25, -0.2) is 0 Å². The number of benzene rings is 20. The molecule has 464 valence electrons. The van der Waals surface area contributed by atoms with E-state index in [1.807, 2.05) is 0 Å². The first kappa shape index (κ1) is 58.4. The molecule has 20 rings (SSSR count). The molecule has 0 fully saturated rings. The van der Waals surface area contributed by atoms with E-state index in [1.165, 1.54) is 197 Å². The lowest BCUT2D eigenvalue weighted by Crippen LogP contribution is -1.92. The highest BCUT2D eigenvalue weighted by Gasteiger charge is 2.22. The molecule has 100 heavy (non-hydrogen) atoms. The summed E-state index contributed by atoms with van der Waals surface area (Å²) in [7, 11) is 0. The average Bonchev–Trinajstić information content (AvgIpc) is 0.741. The topological polar surface area (TPSA) is 0 Å². The summed E-state index contributed by atoms with van der Waals surface area (Å²) in [5.41, 5.74) is 20.0. The van der Waals surface area contributed by atoms with Crippen LogP contribution in [0.15, 0.2) is 388 Å². The van der Waals surface area contributed by atoms with Gasteiger partial charge < -0.3 is 0 Å². The van der Waals surface area contributed by atoms with E-state index >= 15 is 0 Å². The molecule has 0 aliphatic heterocycles. The summed E-state index contributed by atoms with van der Waals surface area (Å²) in [6.45, 7) is 0. The number of hydrogen-bond donors (Lipinski definition) is 0. The molecule has 20 aromatic rings. The van der Waals surface area contributed by atoms with Crippen molar-refractivity contribution in [1.82, 2.24) is 0 Å². The lowest BCUT2D eigenvalue weighted by atomic mass is 9.84. The van der Waals surface area contributed by atoms with E-state index in [0.29, 0.717) is 0 Å². The summed E-state index contributed by atoms with van der Waals surface area (Å²) in [6, 6.07) is 143. The van der Waals surface area contributed by atoms with E-state index < -0.39 is 0 Å². The number of fused-ring (bicyclic) bond motifs is 12. The Labute approximate surface area is 581 Å². The Kier molecular flexibility index (Phi) is 14.3. The third-order valence-electron chi connectivity index (χ3n) is 20.9. The van der Waals surface area contributed by atoms with Crippen molar-refractivity contribution in [3.05, 3.63) is 388 Å². The van der Waals surface area contributed by atoms with Gasteiger partial charge in [0.25, 0.3) is 0 Å². The Balaban J connectivity index is 0.000000139. The van der Waals surface area contributed by atoms with Crippen molar-refractivity contribution in [2.24, 2.45) is 0 Å². The second kappa shape index (κ2) is 24.6. The second-order valence-electron chi connectivity index (χ2n) is 26.4. The summed E-state index contributed by atoms with van der Waals surface area (Å²) in [5, 5.41) is 25.4. The van der Waals surface area contributed by atoms with E-state index in [-0.39, 0.29) is 0 Å². The fourth-order valence-electron chi connectivity index (χ4n) is 16.3. The zero-order valence-electron chi connectivity index (χ0n) is 55.0. The van der Waals surface area contributed by atoms with Crippen LogP contribution in [0.25, 0.3) is 197 Å². The van der Waals surface area contributed by atoms with Crippen molar-refractivity contribution in [3.63, 3.8) is 0 Å². The largest absolute Gasteiger partial charge is 0.0622 e. The highest BCUT2D eigenvalue weighted by molar-refractivity contribution is 6.26. The maximum atomic E-state index is 2.40. The Morgan fingerprint density at radius 1 is 0.100 bits per heavy atom. The molecule has 0 radical (unpaired) electrons. The van der Waals surface area contributed by atoms with Gasteiger partial charge in [0.1, 0.15) is 0 Å². The smallest absolute Gasteiger partial charge is 0.00201 e. The van der Waals surface area contributed by atoms with E-state index in [1.54, 1.807) is 0 Å². The third kappa shape index (κ3) is 9.99. The average molecular weight is 1270 g/mol. The minimum absolute atomic E-state index is 1.22. The van der Waals surface area contributed by atoms with Crippen LogP contribution < -0.4 is 0 Å². The van der Waals surface area contributed by atoms with Gasteiger partial charge in [0, 0.05) is 0 Å². The maximum absolute atomic E-state index is 2.40. The highest BCUT2D eigenvalue weighted by atomic mass is 14.3. The zero-order valence-corrected chi connectivity index (χ0v) is 55.0. The summed E-state index contributed by atoms with van der Waals surface area (Å²) < 4.78 is 0. The number of rotatable bonds is 8. The van der Waals surface area contributed by atoms with Gasteiger partial charge in [0.2, 0.25) is 0 Å². The van der Waals surface area contributed by atoms with Crippen molar-refractivity contribution >= 4 is 108 Å². The molecular formula is C100H64. The summed E-state index contributed by atoms with van der Waals surface area (Å²) >= 11 is 0. The third-order valence-corrected chi connectivity index (χ3v) is 20.9. The lowest BCUT2D eigenvalue weighted by Gasteiger charge is -2.19. The monoisotopic (exact) mass is 1260 g/mol. The van der Waals surface area contributed by atoms with Crippen LogP contribution in [0.5, 0.6) is 0 Å². The van der Waals surface area contributed by atoms with Gasteiger partial charge in [-0.05, 0) is 227 Å². The quantitative estimate of drug-likeness (QED) is 0.105. The van der Waals surface area contributed by atoms with Crippen molar-refractivity contribution in [1.29, 1.82) is 0 Å². The molecule has 0 aliphatic carbocycles.